The number of fused-ring (bicyclic) bond motifs is 2. The Labute approximate surface area is 138 Å². The van der Waals surface area contributed by atoms with Gasteiger partial charge in [-0.1, -0.05) is 0 Å². The molecule has 120 valence electrons. The molecule has 0 spiro atoms. The van der Waals surface area contributed by atoms with E-state index in [1.165, 1.54) is 12.1 Å². The zero-order chi connectivity index (χ0) is 15.7. The number of carbonyl (C=O) groups excluding carboxylic acids is 1. The molecule has 2 aliphatic heterocycles. The molecule has 2 aliphatic rings. The molecule has 2 saturated heterocycles. The van der Waals surface area contributed by atoms with Gasteiger partial charge in [0.15, 0.2) is 6.10 Å². The number of amides is 1. The molecular formula is C16H20BrFN2O2. The molecular weight excluding hydrogens is 351 g/mol. The Bertz CT molecular complexity index is 555. The molecule has 1 aromatic rings. The molecule has 0 saturated carbocycles. The first-order valence-electron chi connectivity index (χ1n) is 7.71. The summed E-state index contributed by atoms with van der Waals surface area (Å²) >= 11 is 3.27. The second-order valence-electron chi connectivity index (χ2n) is 5.96. The fourth-order valence-corrected chi connectivity index (χ4v) is 3.81. The van der Waals surface area contributed by atoms with E-state index in [9.17, 15) is 9.18 Å². The maximum absolute atomic E-state index is 13.1. The Hall–Kier alpha value is -1.14. The van der Waals surface area contributed by atoms with Gasteiger partial charge in [-0.05, 0) is 66.9 Å². The van der Waals surface area contributed by atoms with Crippen LogP contribution in [-0.2, 0) is 4.79 Å². The summed E-state index contributed by atoms with van der Waals surface area (Å²) in [5, 5.41) is 3.38. The first-order valence-corrected chi connectivity index (χ1v) is 8.50. The van der Waals surface area contributed by atoms with E-state index in [0.717, 1.165) is 32.4 Å². The number of hydrogen-bond acceptors (Lipinski definition) is 3. The second-order valence-corrected chi connectivity index (χ2v) is 6.81. The van der Waals surface area contributed by atoms with E-state index in [1.54, 1.807) is 13.0 Å². The van der Waals surface area contributed by atoms with Crippen LogP contribution >= 0.6 is 15.9 Å². The van der Waals surface area contributed by atoms with Crippen molar-refractivity contribution < 1.29 is 13.9 Å². The van der Waals surface area contributed by atoms with Crippen LogP contribution in [0.3, 0.4) is 0 Å². The van der Waals surface area contributed by atoms with Crippen LogP contribution < -0.4 is 10.1 Å². The summed E-state index contributed by atoms with van der Waals surface area (Å²) in [5.41, 5.74) is 0. The van der Waals surface area contributed by atoms with Crippen LogP contribution in [0, 0.1) is 5.82 Å². The van der Waals surface area contributed by atoms with Crippen molar-refractivity contribution in [2.45, 2.75) is 44.4 Å². The maximum atomic E-state index is 13.1. The van der Waals surface area contributed by atoms with Crippen LogP contribution in [0.1, 0.15) is 26.2 Å². The molecule has 3 unspecified atom stereocenters. The lowest BCUT2D eigenvalue weighted by Gasteiger charge is -2.30. The number of carbonyl (C=O) groups is 1. The van der Waals surface area contributed by atoms with Gasteiger partial charge in [-0.25, -0.2) is 4.39 Å². The van der Waals surface area contributed by atoms with Crippen molar-refractivity contribution in [3.05, 3.63) is 28.5 Å². The van der Waals surface area contributed by atoms with E-state index < -0.39 is 6.10 Å². The summed E-state index contributed by atoms with van der Waals surface area (Å²) < 4.78 is 19.4. The summed E-state index contributed by atoms with van der Waals surface area (Å²) in [5.74, 6) is 0.171. The van der Waals surface area contributed by atoms with Gasteiger partial charge in [0.25, 0.3) is 5.91 Å². The third-order valence-electron chi connectivity index (χ3n) is 4.45. The molecule has 2 fully saturated rings. The summed E-state index contributed by atoms with van der Waals surface area (Å²) in [4.78, 5) is 14.8. The van der Waals surface area contributed by atoms with Gasteiger partial charge in [-0.15, -0.1) is 0 Å². The van der Waals surface area contributed by atoms with Crippen LogP contribution in [0.25, 0.3) is 0 Å². The Balaban J connectivity index is 1.71. The fraction of sp³-hybridized carbons (Fsp3) is 0.562. The number of halogens is 2. The van der Waals surface area contributed by atoms with Crippen LogP contribution in [0.5, 0.6) is 5.75 Å². The third-order valence-corrected chi connectivity index (χ3v) is 5.07. The van der Waals surface area contributed by atoms with Crippen molar-refractivity contribution in [3.8, 4) is 5.75 Å². The predicted octanol–water partition coefficient (Wildman–Crippen LogP) is 2.71. The lowest BCUT2D eigenvalue weighted by molar-refractivity contribution is -0.140. The topological polar surface area (TPSA) is 41.6 Å². The number of nitrogens with zero attached hydrogens (tertiary/aromatic N) is 1. The van der Waals surface area contributed by atoms with Crippen molar-refractivity contribution in [2.24, 2.45) is 0 Å². The van der Waals surface area contributed by atoms with Gasteiger partial charge < -0.3 is 15.0 Å². The van der Waals surface area contributed by atoms with Crippen molar-refractivity contribution in [3.63, 3.8) is 0 Å². The summed E-state index contributed by atoms with van der Waals surface area (Å²) in [6.45, 7) is 3.58. The summed E-state index contributed by atoms with van der Waals surface area (Å²) in [7, 11) is 0. The van der Waals surface area contributed by atoms with E-state index in [0.29, 0.717) is 16.3 Å². The van der Waals surface area contributed by atoms with Gasteiger partial charge in [0.1, 0.15) is 11.6 Å². The molecule has 22 heavy (non-hydrogen) atoms. The van der Waals surface area contributed by atoms with Gasteiger partial charge in [-0.2, -0.15) is 0 Å². The Morgan fingerprint density at radius 3 is 2.95 bits per heavy atom. The molecule has 4 nitrogen and oxygen atoms in total. The van der Waals surface area contributed by atoms with Crippen LogP contribution in [0.15, 0.2) is 22.7 Å². The van der Waals surface area contributed by atoms with E-state index in [4.69, 9.17) is 4.74 Å². The third kappa shape index (κ3) is 3.13. The van der Waals surface area contributed by atoms with Crippen molar-refractivity contribution in [1.29, 1.82) is 0 Å². The SMILES string of the molecule is CC(Oc1ccc(F)cc1Br)C(=O)N1C2CCNCC1CC2. The van der Waals surface area contributed by atoms with Crippen LogP contribution in [0.4, 0.5) is 4.39 Å². The van der Waals surface area contributed by atoms with Gasteiger partial charge in [0, 0.05) is 18.6 Å². The maximum Gasteiger partial charge on any atom is 0.263 e. The first kappa shape index (κ1) is 15.7. The zero-order valence-electron chi connectivity index (χ0n) is 12.5. The van der Waals surface area contributed by atoms with Gasteiger partial charge >= 0.3 is 0 Å². The highest BCUT2D eigenvalue weighted by atomic mass is 79.9. The largest absolute Gasteiger partial charge is 0.480 e. The molecule has 2 heterocycles. The molecule has 3 rings (SSSR count). The first-order chi connectivity index (χ1) is 10.6. The van der Waals surface area contributed by atoms with E-state index in [1.807, 2.05) is 4.90 Å². The monoisotopic (exact) mass is 370 g/mol. The highest BCUT2D eigenvalue weighted by Gasteiger charge is 2.40. The smallest absolute Gasteiger partial charge is 0.263 e. The second kappa shape index (κ2) is 6.54. The highest BCUT2D eigenvalue weighted by molar-refractivity contribution is 9.10. The molecule has 2 bridgehead atoms. The fourth-order valence-electron chi connectivity index (χ4n) is 3.36. The number of nitrogens with one attached hydrogen (secondary N) is 1. The minimum Gasteiger partial charge on any atom is -0.480 e. The Morgan fingerprint density at radius 2 is 2.18 bits per heavy atom. The highest BCUT2D eigenvalue weighted by Crippen LogP contribution is 2.30. The summed E-state index contributed by atoms with van der Waals surface area (Å²) in [6, 6.07) is 4.79. The Kier molecular flexibility index (Phi) is 4.68. The molecule has 1 N–H and O–H groups in total. The average molecular weight is 371 g/mol. The molecule has 0 aliphatic carbocycles. The predicted molar refractivity (Wildman–Crippen MR) is 85.3 cm³/mol. The van der Waals surface area contributed by atoms with E-state index >= 15 is 0 Å². The average Bonchev–Trinajstić information content (AvgIpc) is 2.74. The van der Waals surface area contributed by atoms with Crippen LogP contribution in [0.2, 0.25) is 0 Å². The van der Waals surface area contributed by atoms with Crippen molar-refractivity contribution in [1.82, 2.24) is 10.2 Å². The molecule has 0 radical (unpaired) electrons. The van der Waals surface area contributed by atoms with Crippen molar-refractivity contribution >= 4 is 21.8 Å². The quantitative estimate of drug-likeness (QED) is 0.889. The number of rotatable bonds is 3. The Morgan fingerprint density at radius 1 is 1.41 bits per heavy atom. The van der Waals surface area contributed by atoms with E-state index in [2.05, 4.69) is 21.2 Å². The molecule has 3 atom stereocenters. The zero-order valence-corrected chi connectivity index (χ0v) is 14.1. The van der Waals surface area contributed by atoms with Crippen LogP contribution in [-0.4, -0.2) is 42.1 Å². The van der Waals surface area contributed by atoms with Gasteiger partial charge in [0.05, 0.1) is 4.47 Å². The minimum atomic E-state index is -0.581. The lowest BCUT2D eigenvalue weighted by Crippen LogP contribution is -2.48. The van der Waals surface area contributed by atoms with Gasteiger partial charge in [0.2, 0.25) is 0 Å². The summed E-state index contributed by atoms with van der Waals surface area (Å²) in [6.07, 6.45) is 2.54. The number of hydrogen-bond donors (Lipinski definition) is 1. The molecule has 1 amide bonds. The number of benzene rings is 1. The molecule has 0 aromatic heterocycles. The van der Waals surface area contributed by atoms with E-state index in [-0.39, 0.29) is 17.8 Å². The van der Waals surface area contributed by atoms with Crippen molar-refractivity contribution in [2.75, 3.05) is 13.1 Å². The normalized spacial score (nSPS) is 25.7. The lowest BCUT2D eigenvalue weighted by atomic mass is 10.1. The molecule has 6 heteroatoms. The standard InChI is InChI=1S/C16H20BrFN2O2/c1-10(22-15-5-2-11(18)8-14(15)17)16(21)20-12-3-4-13(20)9-19-7-6-12/h2,5,8,10,12-13,19H,3-4,6-7,9H2,1H3. The number of ether oxygens (including phenoxy) is 1. The minimum absolute atomic E-state index is 0.0208. The van der Waals surface area contributed by atoms with Gasteiger partial charge in [-0.3, -0.25) is 4.79 Å². The molecule has 1 aromatic carbocycles.